The fourth-order valence-corrected chi connectivity index (χ4v) is 0.521. The topological polar surface area (TPSA) is 28.2 Å². The summed E-state index contributed by atoms with van der Waals surface area (Å²) in [4.78, 5) is 0. The van der Waals surface area contributed by atoms with Gasteiger partial charge in [-0.2, -0.15) is 28.2 Å². The van der Waals surface area contributed by atoms with Crippen molar-refractivity contribution < 1.29 is 21.7 Å². The fourth-order valence-electron chi connectivity index (χ4n) is 0.521. The van der Waals surface area contributed by atoms with E-state index in [2.05, 4.69) is 16.6 Å². The summed E-state index contributed by atoms with van der Waals surface area (Å²) in [5.41, 5.74) is 0.826. The Bertz CT molecular complexity index is 227. The normalized spacial score (nSPS) is 6.60. The molecule has 0 saturated carbocycles. The third-order valence-corrected chi connectivity index (χ3v) is 0.918. The van der Waals surface area contributed by atoms with Crippen LogP contribution in [0, 0.1) is 12.3 Å². The minimum atomic E-state index is 0. The monoisotopic (exact) mass is 237 g/mol. The van der Waals surface area contributed by atoms with Crippen LogP contribution in [-0.2, 0) is 21.7 Å². The molecule has 0 aromatic heterocycles. The van der Waals surface area contributed by atoms with Crippen LogP contribution in [0.25, 0.3) is 10.6 Å². The molecule has 1 aromatic carbocycles. The van der Waals surface area contributed by atoms with Crippen molar-refractivity contribution in [2.24, 2.45) is 0 Å². The van der Waals surface area contributed by atoms with Gasteiger partial charge >= 0.3 is 21.7 Å². The first-order chi connectivity index (χ1) is 6.76. The van der Waals surface area contributed by atoms with Gasteiger partial charge in [0.2, 0.25) is 0 Å². The summed E-state index contributed by atoms with van der Waals surface area (Å²) in [6.45, 7) is 0. The van der Waals surface area contributed by atoms with Gasteiger partial charge in [0, 0.05) is 0 Å². The third kappa shape index (κ3) is 19.7. The van der Waals surface area contributed by atoms with Crippen molar-refractivity contribution in [3.63, 3.8) is 0 Å². The molecule has 15 heavy (non-hydrogen) atoms. The smallest absolute Gasteiger partial charge is 0.668 e. The van der Waals surface area contributed by atoms with Crippen molar-refractivity contribution in [3.05, 3.63) is 53.0 Å². The summed E-state index contributed by atoms with van der Waals surface area (Å²) < 4.78 is 0. The molecule has 0 unspecified atom stereocenters. The van der Waals surface area contributed by atoms with Gasteiger partial charge in [0.25, 0.3) is 0 Å². The summed E-state index contributed by atoms with van der Waals surface area (Å²) in [5, 5.41) is 7.00. The van der Waals surface area contributed by atoms with Crippen LogP contribution in [-0.4, -0.2) is 28.2 Å². The van der Waals surface area contributed by atoms with Crippen LogP contribution in [0.1, 0.15) is 5.56 Å². The molecule has 0 amide bonds. The summed E-state index contributed by atoms with van der Waals surface area (Å²) in [6.07, 6.45) is 6.69. The van der Waals surface area contributed by atoms with Gasteiger partial charge in [0.1, 0.15) is 0 Å². The van der Waals surface area contributed by atoms with Crippen molar-refractivity contribution in [2.45, 2.75) is 0 Å². The molecule has 1 rings (SSSR count). The molecule has 0 spiro atoms. The maximum Gasteiger partial charge on any atom is 3.00 e. The van der Waals surface area contributed by atoms with Crippen LogP contribution in [0.4, 0.5) is 0 Å². The maximum atomic E-state index is 6.69. The minimum absolute atomic E-state index is 0. The van der Waals surface area contributed by atoms with E-state index < -0.39 is 0 Å². The molecular formula is C12H17N2Ti. The number of hydrogen-bond donors (Lipinski definition) is 0. The molecule has 0 bridgehead atoms. The molecule has 2 nitrogen and oxygen atoms in total. The van der Waals surface area contributed by atoms with Gasteiger partial charge in [-0.1, -0.05) is 18.2 Å². The van der Waals surface area contributed by atoms with Crippen LogP contribution in [0.2, 0.25) is 0 Å². The Labute approximate surface area is 109 Å². The second-order valence-corrected chi connectivity index (χ2v) is 2.39. The Morgan fingerprint density at radius 2 is 1.27 bits per heavy atom. The van der Waals surface area contributed by atoms with Crippen molar-refractivity contribution in [1.29, 1.82) is 0 Å². The number of benzene rings is 1. The fraction of sp³-hybridized carbons (Fsp3) is 0.333. The first kappa shape index (κ1) is 19.9. The maximum absolute atomic E-state index is 6.69. The van der Waals surface area contributed by atoms with Crippen molar-refractivity contribution >= 4 is 0 Å². The quantitative estimate of drug-likeness (QED) is 0.377. The molecule has 0 fully saturated rings. The van der Waals surface area contributed by atoms with Gasteiger partial charge in [0.05, 0.1) is 0 Å². The Hall–Kier alpha value is -0.586. The van der Waals surface area contributed by atoms with Crippen LogP contribution in [0.15, 0.2) is 30.3 Å². The van der Waals surface area contributed by atoms with Gasteiger partial charge in [-0.25, -0.2) is 0 Å². The zero-order valence-corrected chi connectivity index (χ0v) is 11.3. The molecule has 0 aliphatic carbocycles. The Kier molecular flexibility index (Phi) is 25.3. The molecule has 1 aromatic rings. The average molecular weight is 237 g/mol. The Morgan fingerprint density at radius 1 is 0.933 bits per heavy atom. The molecule has 79 valence electrons. The van der Waals surface area contributed by atoms with Gasteiger partial charge in [0.15, 0.2) is 0 Å². The average Bonchev–Trinajstić information content (AvgIpc) is 2.21. The summed E-state index contributed by atoms with van der Waals surface area (Å²) >= 11 is 0. The molecule has 0 N–H and O–H groups in total. The van der Waals surface area contributed by atoms with E-state index in [9.17, 15) is 0 Å². The molecule has 0 aliphatic heterocycles. The van der Waals surface area contributed by atoms with Gasteiger partial charge < -0.3 is 17.1 Å². The molecular weight excluding hydrogens is 220 g/mol. The second kappa shape index (κ2) is 19.1. The van der Waals surface area contributed by atoms with Crippen molar-refractivity contribution in [1.82, 2.24) is 0 Å². The molecule has 3 heteroatoms. The molecule has 1 radical (unpaired) electrons. The van der Waals surface area contributed by atoms with E-state index in [0.29, 0.717) is 0 Å². The van der Waals surface area contributed by atoms with Gasteiger partial charge in [-0.15, -0.1) is 17.7 Å². The van der Waals surface area contributed by atoms with Crippen molar-refractivity contribution in [3.8, 4) is 5.92 Å². The zero-order chi connectivity index (χ0) is 11.2. The minimum Gasteiger partial charge on any atom is -0.668 e. The zero-order valence-electron chi connectivity index (χ0n) is 9.78. The summed E-state index contributed by atoms with van der Waals surface area (Å²) in [5.74, 6) is 2.28. The molecule has 0 saturated heterocycles. The Morgan fingerprint density at radius 3 is 1.47 bits per heavy atom. The number of rotatable bonds is 0. The first-order valence-corrected chi connectivity index (χ1v) is 4.20. The SMILES string of the molecule is C[N-]C.C[N-]C.[C-]#Cc1ccccc1.[Ti+3]. The number of hydrogen-bond acceptors (Lipinski definition) is 0. The predicted octanol–water partition coefficient (Wildman–Crippen LogP) is 2.86. The summed E-state index contributed by atoms with van der Waals surface area (Å²) in [7, 11) is 7.00. The molecule has 0 aliphatic rings. The van der Waals surface area contributed by atoms with E-state index in [1.807, 2.05) is 30.3 Å². The van der Waals surface area contributed by atoms with Gasteiger partial charge in [-0.05, 0) is 0 Å². The van der Waals surface area contributed by atoms with E-state index in [-0.39, 0.29) is 21.7 Å². The van der Waals surface area contributed by atoms with E-state index in [1.54, 1.807) is 28.2 Å². The van der Waals surface area contributed by atoms with E-state index in [1.165, 1.54) is 0 Å². The molecule has 0 heterocycles. The van der Waals surface area contributed by atoms with Gasteiger partial charge in [-0.3, -0.25) is 5.92 Å². The Balaban J connectivity index is -0.000000177. The molecule has 0 atom stereocenters. The summed E-state index contributed by atoms with van der Waals surface area (Å²) in [6, 6.07) is 9.37. The standard InChI is InChI=1S/C8H5.2C2H6N.Ti/c1-2-8-6-4-3-5-7-8;2*1-3-2;/h3-7H;2*1-2H3;/q3*-1;+3. The van der Waals surface area contributed by atoms with E-state index >= 15 is 0 Å². The van der Waals surface area contributed by atoms with Crippen LogP contribution in [0.5, 0.6) is 0 Å². The van der Waals surface area contributed by atoms with E-state index in [0.717, 1.165) is 5.56 Å². The van der Waals surface area contributed by atoms with Crippen LogP contribution >= 0.6 is 0 Å². The van der Waals surface area contributed by atoms with Crippen LogP contribution < -0.4 is 0 Å². The second-order valence-electron chi connectivity index (χ2n) is 2.39. The van der Waals surface area contributed by atoms with Crippen molar-refractivity contribution in [2.75, 3.05) is 28.2 Å². The van der Waals surface area contributed by atoms with Crippen LogP contribution in [0.3, 0.4) is 0 Å². The third-order valence-electron chi connectivity index (χ3n) is 0.918. The number of nitrogens with zero attached hydrogens (tertiary/aromatic N) is 2. The largest absolute Gasteiger partial charge is 3.00 e. The predicted molar refractivity (Wildman–Crippen MR) is 63.1 cm³/mol. The van der Waals surface area contributed by atoms with E-state index in [4.69, 9.17) is 6.42 Å². The first-order valence-electron chi connectivity index (χ1n) is 4.20.